The Bertz CT molecular complexity index is 2650. The maximum absolute atomic E-state index is 15.6. The van der Waals surface area contributed by atoms with E-state index < -0.39 is 119 Å². The first-order valence-corrected chi connectivity index (χ1v) is 21.5. The van der Waals surface area contributed by atoms with Gasteiger partial charge in [0.25, 0.3) is 5.91 Å². The van der Waals surface area contributed by atoms with Gasteiger partial charge in [-0.2, -0.15) is 0 Å². The molecule has 21 heteroatoms. The van der Waals surface area contributed by atoms with Gasteiger partial charge < -0.3 is 44.3 Å². The molecule has 3 aliphatic carbocycles. The summed E-state index contributed by atoms with van der Waals surface area (Å²) in [5.41, 5.74) is 9.75. The monoisotopic (exact) mass is 935 g/mol. The molecule has 68 heavy (non-hydrogen) atoms. The van der Waals surface area contributed by atoms with E-state index in [1.165, 1.54) is 45.9 Å². The number of hydrogen-bond donors (Lipinski definition) is 4. The molecule has 2 saturated carbocycles. The van der Waals surface area contributed by atoms with E-state index in [1.807, 2.05) is 0 Å². The van der Waals surface area contributed by atoms with E-state index in [0.29, 0.717) is 5.56 Å². The van der Waals surface area contributed by atoms with E-state index in [9.17, 15) is 50.4 Å². The molecule has 0 aromatic heterocycles. The number of ketones is 1. The lowest BCUT2D eigenvalue weighted by atomic mass is 9.44. The van der Waals surface area contributed by atoms with Gasteiger partial charge in [-0.1, -0.05) is 72.6 Å². The van der Waals surface area contributed by atoms with Gasteiger partial charge in [0.1, 0.15) is 23.9 Å². The Morgan fingerprint density at radius 2 is 1.47 bits per heavy atom. The van der Waals surface area contributed by atoms with E-state index in [-0.39, 0.29) is 40.1 Å². The van der Waals surface area contributed by atoms with Crippen LogP contribution in [0.5, 0.6) is 0 Å². The fourth-order valence-corrected chi connectivity index (χ4v) is 10.5. The lowest BCUT2D eigenvalue weighted by Crippen LogP contribution is -2.82. The van der Waals surface area contributed by atoms with Crippen molar-refractivity contribution in [1.82, 2.24) is 5.32 Å². The Morgan fingerprint density at radius 3 is 2.01 bits per heavy atom. The van der Waals surface area contributed by atoms with Crippen LogP contribution < -0.4 is 5.32 Å². The fraction of sp³-hybridized carbons (Fsp3) is 0.447. The highest BCUT2D eigenvalue weighted by atomic mass is 16.6. The summed E-state index contributed by atoms with van der Waals surface area (Å²) in [4.78, 5) is 89.9. The summed E-state index contributed by atoms with van der Waals surface area (Å²) in [6.07, 6.45) is -11.5. The number of nitrogens with one attached hydrogen (secondary N) is 1. The topological polar surface area (TPSA) is 319 Å². The van der Waals surface area contributed by atoms with Crippen molar-refractivity contribution in [3.05, 3.63) is 128 Å². The molecule has 3 fully saturated rings. The molecule has 4 aliphatic rings. The number of benzene rings is 3. The number of esters is 4. The van der Waals surface area contributed by atoms with Gasteiger partial charge >= 0.3 is 23.9 Å². The zero-order valence-corrected chi connectivity index (χ0v) is 37.8. The van der Waals surface area contributed by atoms with Gasteiger partial charge in [-0.3, -0.25) is 19.2 Å². The summed E-state index contributed by atoms with van der Waals surface area (Å²) in [5, 5.41) is 47.6. The van der Waals surface area contributed by atoms with Crippen LogP contribution in [0.25, 0.3) is 20.9 Å². The minimum atomic E-state index is -2.57. The number of Topliss-reactive ketones (excluding diaryl/α,β-unsaturated/α-hetero) is 1. The average Bonchev–Trinajstić information content (AvgIpc) is 3.29. The van der Waals surface area contributed by atoms with Gasteiger partial charge in [-0.15, -0.1) is 0 Å². The Labute approximate surface area is 388 Å². The lowest BCUT2D eigenvalue weighted by molar-refractivity contribution is -0.346. The van der Waals surface area contributed by atoms with Gasteiger partial charge in [0.15, 0.2) is 23.6 Å². The standard InChI is InChI=1S/C47H49N7O14/c1-23-31(66-43(62)36(58)35(26-13-9-7-10-14-26)50-41(60)27-15-11-8-12-16-27)21-47(63)40(67-42(61)28-17-29(51-53-48)19-30(18-28)52-54-49)38-45(6,32(57)20-33-46(38,22-64-33)68-25(3)56)39(59)37(65-24(2)55)34(23)44(47,4)5/h7-19,31-33,35-38,40,57-58,63H,20-22H2,1-6H3,(H,50,60)/t31-,32-,33+,35-,36+,37+,38-,40-,45+,46-,47+/m0/s1. The molecule has 2 bridgehead atoms. The number of nitrogens with zero attached hydrogens (tertiary/aromatic N) is 6. The average molecular weight is 936 g/mol. The number of hydrogen-bond acceptors (Lipinski definition) is 16. The maximum atomic E-state index is 15.6. The summed E-state index contributed by atoms with van der Waals surface area (Å²) < 4.78 is 30.2. The first-order chi connectivity index (χ1) is 32.1. The summed E-state index contributed by atoms with van der Waals surface area (Å²) in [6.45, 7) is 7.45. The van der Waals surface area contributed by atoms with Crippen LogP contribution in [0.3, 0.4) is 0 Å². The van der Waals surface area contributed by atoms with Gasteiger partial charge in [-0.25, -0.2) is 9.59 Å². The quantitative estimate of drug-likeness (QED) is 0.0428. The van der Waals surface area contributed by atoms with Crippen LogP contribution in [-0.4, -0.2) is 105 Å². The Hall–Kier alpha value is -7.12. The number of carbonyl (C=O) groups is 6. The molecule has 1 amide bonds. The Balaban J connectivity index is 1.42. The highest BCUT2D eigenvalue weighted by Crippen LogP contribution is 2.64. The minimum Gasteiger partial charge on any atom is -0.456 e. The van der Waals surface area contributed by atoms with Crippen molar-refractivity contribution in [3.8, 4) is 0 Å². The third-order valence-corrected chi connectivity index (χ3v) is 13.9. The molecule has 1 heterocycles. The number of aliphatic hydroxyl groups excluding tert-OH is 2. The number of aliphatic hydroxyl groups is 3. The lowest BCUT2D eigenvalue weighted by Gasteiger charge is -2.67. The molecule has 3 aromatic rings. The van der Waals surface area contributed by atoms with E-state index >= 15 is 4.79 Å². The van der Waals surface area contributed by atoms with Crippen molar-refractivity contribution in [2.24, 2.45) is 27.0 Å². The second-order valence-corrected chi connectivity index (χ2v) is 18.1. The SMILES string of the molecule is CC(=O)O[C@H]1C(=O)[C@@]2(C)[C@H]([C@H](OC(=O)c3cc(N=[N+]=[N-])cc(N=[N+]=[N-])c3)[C@]3(O)C[C@H](OC(=O)[C@H](O)[C@@H](NC(=O)c4ccccc4)c4ccccc4)C(C)=C1C3(C)C)[C@]1(OC(C)=O)CO[C@@H]1C[C@@H]2O. The van der Waals surface area contributed by atoms with Crippen molar-refractivity contribution in [1.29, 1.82) is 0 Å². The van der Waals surface area contributed by atoms with E-state index in [1.54, 1.807) is 48.5 Å². The molecule has 11 atom stereocenters. The molecule has 0 unspecified atom stereocenters. The second kappa shape index (κ2) is 18.5. The summed E-state index contributed by atoms with van der Waals surface area (Å²) in [6, 6.07) is 18.1. The predicted octanol–water partition coefficient (Wildman–Crippen LogP) is 5.62. The number of azide groups is 2. The minimum absolute atomic E-state index is 0.0856. The normalized spacial score (nSPS) is 29.8. The molecule has 1 aliphatic heterocycles. The van der Waals surface area contributed by atoms with E-state index in [4.69, 9.17) is 23.7 Å². The van der Waals surface area contributed by atoms with Crippen LogP contribution in [0.1, 0.15) is 86.7 Å². The maximum Gasteiger partial charge on any atom is 0.338 e. The summed E-state index contributed by atoms with van der Waals surface area (Å²) in [5.74, 6) is -7.70. The van der Waals surface area contributed by atoms with Gasteiger partial charge in [0.2, 0.25) is 0 Å². The highest BCUT2D eigenvalue weighted by molar-refractivity contribution is 5.96. The smallest absolute Gasteiger partial charge is 0.338 e. The van der Waals surface area contributed by atoms with Gasteiger partial charge in [-0.05, 0) is 72.0 Å². The molecule has 3 aromatic carbocycles. The van der Waals surface area contributed by atoms with Gasteiger partial charge in [0.05, 0.1) is 35.6 Å². The molecule has 21 nitrogen and oxygen atoms in total. The summed E-state index contributed by atoms with van der Waals surface area (Å²) >= 11 is 0. The van der Waals surface area contributed by atoms with Crippen LogP contribution in [0.15, 0.2) is 100 Å². The van der Waals surface area contributed by atoms with Crippen molar-refractivity contribution in [2.45, 2.75) is 108 Å². The van der Waals surface area contributed by atoms with E-state index in [2.05, 4.69) is 25.4 Å². The second-order valence-electron chi connectivity index (χ2n) is 18.1. The van der Waals surface area contributed by atoms with E-state index in [0.717, 1.165) is 26.0 Å². The van der Waals surface area contributed by atoms with Crippen LogP contribution in [-0.2, 0) is 42.9 Å². The number of fused-ring (bicyclic) bond motifs is 5. The number of ether oxygens (including phenoxy) is 5. The van der Waals surface area contributed by atoms with Crippen LogP contribution in [0, 0.1) is 16.7 Å². The first kappa shape index (κ1) is 48.8. The third kappa shape index (κ3) is 8.33. The van der Waals surface area contributed by atoms with Crippen molar-refractivity contribution in [3.63, 3.8) is 0 Å². The Morgan fingerprint density at radius 1 is 0.868 bits per heavy atom. The molecular formula is C47H49N7O14. The van der Waals surface area contributed by atoms with Crippen LogP contribution >= 0.6 is 0 Å². The van der Waals surface area contributed by atoms with Crippen molar-refractivity contribution in [2.75, 3.05) is 6.61 Å². The molecule has 4 N–H and O–H groups in total. The molecular weight excluding hydrogens is 887 g/mol. The molecule has 356 valence electrons. The fourth-order valence-electron chi connectivity index (χ4n) is 10.5. The molecule has 7 rings (SSSR count). The number of carbonyl (C=O) groups excluding carboxylic acids is 6. The molecule has 0 radical (unpaired) electrons. The zero-order valence-electron chi connectivity index (χ0n) is 37.8. The molecule has 0 spiro atoms. The third-order valence-electron chi connectivity index (χ3n) is 13.9. The first-order valence-electron chi connectivity index (χ1n) is 21.5. The Kier molecular flexibility index (Phi) is 13.3. The largest absolute Gasteiger partial charge is 0.456 e. The highest BCUT2D eigenvalue weighted by Gasteiger charge is 2.78. The van der Waals surface area contributed by atoms with Crippen molar-refractivity contribution < 1.29 is 67.8 Å². The van der Waals surface area contributed by atoms with Gasteiger partial charge in [0, 0.05) is 58.9 Å². The van der Waals surface area contributed by atoms with Crippen LogP contribution in [0.4, 0.5) is 11.4 Å². The summed E-state index contributed by atoms with van der Waals surface area (Å²) in [7, 11) is 0. The van der Waals surface area contributed by atoms with Crippen molar-refractivity contribution >= 4 is 46.9 Å². The number of rotatable bonds is 12. The zero-order chi connectivity index (χ0) is 49.5. The van der Waals surface area contributed by atoms with Crippen LogP contribution in [0.2, 0.25) is 0 Å². The predicted molar refractivity (Wildman–Crippen MR) is 235 cm³/mol. The molecule has 1 saturated heterocycles. The number of amides is 1.